The van der Waals surface area contributed by atoms with Gasteiger partial charge in [0.05, 0.1) is 22.8 Å². The van der Waals surface area contributed by atoms with E-state index in [9.17, 15) is 9.32 Å². The van der Waals surface area contributed by atoms with Crippen LogP contribution in [0, 0.1) is 37.0 Å². The highest BCUT2D eigenvalue weighted by molar-refractivity contribution is 7.86. The Morgan fingerprint density at radius 3 is 2.45 bits per heavy atom. The van der Waals surface area contributed by atoms with E-state index in [1.54, 1.807) is 0 Å². The Morgan fingerprint density at radius 2 is 1.77 bits per heavy atom. The van der Waals surface area contributed by atoms with Crippen LogP contribution in [0.2, 0.25) is 0 Å². The highest BCUT2D eigenvalue weighted by atomic mass is 32.2. The molecule has 2 unspecified atom stereocenters. The minimum atomic E-state index is -1.52. The third-order valence-corrected chi connectivity index (χ3v) is 9.49. The second-order valence-electron chi connectivity index (χ2n) is 13.4. The summed E-state index contributed by atoms with van der Waals surface area (Å²) in [5, 5.41) is 10.6. The first kappa shape index (κ1) is 28.7. The molecule has 1 fully saturated rings. The molecule has 2 aromatic carbocycles. The van der Waals surface area contributed by atoms with E-state index >= 15 is 0 Å². The molecule has 7 heteroatoms. The molecule has 6 nitrogen and oxygen atoms in total. The molecule has 4 bridgehead atoms. The Bertz CT molecular complexity index is 1370. The largest absolute Gasteiger partial charge is 0.477 e. The van der Waals surface area contributed by atoms with Crippen LogP contribution in [-0.2, 0) is 17.4 Å². The second kappa shape index (κ2) is 11.2. The number of ether oxygens (including phenoxy) is 1. The van der Waals surface area contributed by atoms with E-state index in [0.29, 0.717) is 35.1 Å². The number of fused-ring (bicyclic) bond motifs is 4. The lowest BCUT2D eigenvalue weighted by Crippen LogP contribution is -2.47. The Balaban J connectivity index is 1.58. The van der Waals surface area contributed by atoms with Crippen molar-refractivity contribution in [3.8, 4) is 17.1 Å². The molecule has 1 aliphatic heterocycles. The fourth-order valence-electron chi connectivity index (χ4n) is 6.72. The van der Waals surface area contributed by atoms with Gasteiger partial charge in [0.25, 0.3) is 0 Å². The van der Waals surface area contributed by atoms with Crippen molar-refractivity contribution >= 4 is 16.9 Å². The number of benzene rings is 2. The number of aliphatic hydroxyl groups is 1. The number of aromatic nitrogens is 2. The van der Waals surface area contributed by atoms with Gasteiger partial charge in [0.2, 0.25) is 11.8 Å². The zero-order valence-corrected chi connectivity index (χ0v) is 25.5. The lowest BCUT2D eigenvalue weighted by atomic mass is 9.60. The van der Waals surface area contributed by atoms with Crippen LogP contribution in [0.25, 0.3) is 11.3 Å². The van der Waals surface area contributed by atoms with Crippen molar-refractivity contribution in [3.63, 3.8) is 0 Å². The van der Waals surface area contributed by atoms with E-state index in [1.807, 2.05) is 37.3 Å². The number of hydrogen-bond acceptors (Lipinski definition) is 5. The van der Waals surface area contributed by atoms with Crippen molar-refractivity contribution in [2.75, 3.05) is 11.3 Å². The molecule has 0 radical (unpaired) electrons. The zero-order valence-electron chi connectivity index (χ0n) is 24.7. The molecule has 1 aromatic heterocycles. The predicted molar refractivity (Wildman–Crippen MR) is 162 cm³/mol. The maximum Gasteiger partial charge on any atom is 0.238 e. The highest BCUT2D eigenvalue weighted by Gasteiger charge is 2.45. The quantitative estimate of drug-likeness (QED) is 0.358. The summed E-state index contributed by atoms with van der Waals surface area (Å²) in [4.78, 5) is 10.2. The third-order valence-electron chi connectivity index (χ3n) is 8.44. The fourth-order valence-corrected chi connectivity index (χ4v) is 7.56. The summed E-state index contributed by atoms with van der Waals surface area (Å²) in [6.45, 7) is 13.5. The van der Waals surface area contributed by atoms with Gasteiger partial charge in [-0.3, -0.25) is 4.72 Å². The van der Waals surface area contributed by atoms with Gasteiger partial charge >= 0.3 is 0 Å². The predicted octanol–water partition coefficient (Wildman–Crippen LogP) is 7.05. The van der Waals surface area contributed by atoms with Crippen LogP contribution in [0.5, 0.6) is 5.88 Å². The molecule has 1 saturated carbocycles. The van der Waals surface area contributed by atoms with Crippen LogP contribution < -0.4 is 9.46 Å². The molecular weight excluding hydrogens is 518 g/mol. The number of anilines is 1. The molecule has 214 valence electrons. The SMILES string of the molecule is Cc1cccc(C)c1-c1cc2nc(n1)NS(=O)c1cccc(c1)CCC(C1CC(C)(O)C1)[C@H](CC(C)(C)C)CO2. The molecule has 40 heavy (non-hydrogen) atoms. The summed E-state index contributed by atoms with van der Waals surface area (Å²) in [6.07, 6.45) is 4.55. The maximum atomic E-state index is 13.4. The topological polar surface area (TPSA) is 84.3 Å². The molecule has 2 heterocycles. The minimum absolute atomic E-state index is 0.128. The molecule has 0 amide bonds. The van der Waals surface area contributed by atoms with Gasteiger partial charge < -0.3 is 9.84 Å². The lowest BCUT2D eigenvalue weighted by molar-refractivity contribution is -0.0917. The standard InChI is InChI=1S/C33H43N3O3S/c1-21-9-7-10-22(2)30(21)28-16-29-35-31(34-28)36-40(38)26-12-8-11-23(15-26)13-14-27(24-18-33(6,37)19-24)25(20-39-29)17-32(3,4)5/h7-12,15-16,24-25,27,37H,13-14,17-20H2,1-6H3,(H,34,35,36)/t24?,25-,27?,33?,40?/m1/s1. The normalized spacial score (nSPS) is 27.1. The smallest absolute Gasteiger partial charge is 0.238 e. The van der Waals surface area contributed by atoms with E-state index in [4.69, 9.17) is 9.72 Å². The number of nitrogens with zero attached hydrogens (tertiary/aromatic N) is 2. The maximum absolute atomic E-state index is 13.4. The Kier molecular flexibility index (Phi) is 8.08. The first-order valence-electron chi connectivity index (χ1n) is 14.5. The number of nitrogens with one attached hydrogen (secondary N) is 1. The molecule has 1 aliphatic carbocycles. The van der Waals surface area contributed by atoms with Crippen molar-refractivity contribution in [2.45, 2.75) is 84.1 Å². The van der Waals surface area contributed by atoms with Gasteiger partial charge in [-0.25, -0.2) is 9.19 Å². The van der Waals surface area contributed by atoms with Crippen molar-refractivity contribution in [2.24, 2.45) is 23.2 Å². The van der Waals surface area contributed by atoms with Crippen molar-refractivity contribution < 1.29 is 14.1 Å². The first-order valence-corrected chi connectivity index (χ1v) is 15.6. The summed E-state index contributed by atoms with van der Waals surface area (Å²) < 4.78 is 23.0. The zero-order chi connectivity index (χ0) is 28.7. The molecule has 0 spiro atoms. The van der Waals surface area contributed by atoms with Crippen LogP contribution in [-0.4, -0.2) is 31.5 Å². The molecule has 5 rings (SSSR count). The fraction of sp³-hybridized carbons (Fsp3) is 0.515. The first-order chi connectivity index (χ1) is 18.9. The summed E-state index contributed by atoms with van der Waals surface area (Å²) in [7, 11) is -1.52. The van der Waals surface area contributed by atoms with E-state index in [-0.39, 0.29) is 11.4 Å². The van der Waals surface area contributed by atoms with Gasteiger partial charge in [-0.1, -0.05) is 51.1 Å². The Hall–Kier alpha value is -2.77. The van der Waals surface area contributed by atoms with Crippen LogP contribution in [0.3, 0.4) is 0 Å². The summed E-state index contributed by atoms with van der Waals surface area (Å²) in [6, 6.07) is 16.1. The minimum Gasteiger partial charge on any atom is -0.477 e. The van der Waals surface area contributed by atoms with Crippen LogP contribution in [0.1, 0.15) is 70.1 Å². The van der Waals surface area contributed by atoms with Crippen molar-refractivity contribution in [3.05, 3.63) is 65.2 Å². The monoisotopic (exact) mass is 561 g/mol. The summed E-state index contributed by atoms with van der Waals surface area (Å²) >= 11 is 0. The van der Waals surface area contributed by atoms with Crippen molar-refractivity contribution in [1.82, 2.24) is 9.97 Å². The molecule has 3 aromatic rings. The van der Waals surface area contributed by atoms with Gasteiger partial charge in [0.1, 0.15) is 0 Å². The molecule has 2 N–H and O–H groups in total. The molecule has 2 aliphatic rings. The van der Waals surface area contributed by atoms with Crippen LogP contribution in [0.15, 0.2) is 53.4 Å². The van der Waals surface area contributed by atoms with E-state index < -0.39 is 16.6 Å². The van der Waals surface area contributed by atoms with Crippen LogP contribution in [0.4, 0.5) is 5.95 Å². The van der Waals surface area contributed by atoms with Gasteiger partial charge in [0, 0.05) is 11.6 Å². The average molecular weight is 562 g/mol. The van der Waals surface area contributed by atoms with Gasteiger partial charge in [0.15, 0.2) is 11.0 Å². The molecule has 0 saturated heterocycles. The lowest BCUT2D eigenvalue weighted by Gasteiger charge is -2.48. The molecular formula is C33H43N3O3S. The summed E-state index contributed by atoms with van der Waals surface area (Å²) in [5.41, 5.74) is 4.72. The van der Waals surface area contributed by atoms with E-state index in [2.05, 4.69) is 62.5 Å². The average Bonchev–Trinajstić information content (AvgIpc) is 2.85. The van der Waals surface area contributed by atoms with E-state index in [1.165, 1.54) is 5.56 Å². The van der Waals surface area contributed by atoms with Gasteiger partial charge in [-0.05, 0) is 105 Å². The third kappa shape index (κ3) is 6.74. The number of aryl methyl sites for hydroxylation is 3. The van der Waals surface area contributed by atoms with Gasteiger partial charge in [-0.2, -0.15) is 4.98 Å². The molecule has 3 atom stereocenters. The number of rotatable bonds is 3. The van der Waals surface area contributed by atoms with Crippen molar-refractivity contribution in [1.29, 1.82) is 0 Å². The Morgan fingerprint density at radius 1 is 1.07 bits per heavy atom. The second-order valence-corrected chi connectivity index (χ2v) is 14.6. The Labute approximate surface area is 241 Å². The number of hydrogen-bond donors (Lipinski definition) is 2. The van der Waals surface area contributed by atoms with Gasteiger partial charge in [-0.15, -0.1) is 0 Å². The highest BCUT2D eigenvalue weighted by Crippen LogP contribution is 2.48. The summed E-state index contributed by atoms with van der Waals surface area (Å²) in [5.74, 6) is 1.92. The van der Waals surface area contributed by atoms with Crippen LogP contribution >= 0.6 is 0 Å². The van der Waals surface area contributed by atoms with E-state index in [0.717, 1.165) is 54.5 Å².